The van der Waals surface area contributed by atoms with Gasteiger partial charge in [-0.2, -0.15) is 9.97 Å². The van der Waals surface area contributed by atoms with E-state index in [-0.39, 0.29) is 0 Å². The molecule has 0 saturated carbocycles. The topological polar surface area (TPSA) is 114 Å². The second-order valence-corrected chi connectivity index (χ2v) is 17.9. The van der Waals surface area contributed by atoms with Crippen molar-refractivity contribution >= 4 is 45.3 Å². The van der Waals surface area contributed by atoms with Crippen LogP contribution >= 0.6 is 0 Å². The third kappa shape index (κ3) is 15.5. The van der Waals surface area contributed by atoms with E-state index in [1.165, 1.54) is 38.5 Å². The van der Waals surface area contributed by atoms with Crippen LogP contribution in [0.2, 0.25) is 0 Å². The summed E-state index contributed by atoms with van der Waals surface area (Å²) in [6.45, 7) is 9.71. The summed E-state index contributed by atoms with van der Waals surface area (Å²) in [6.07, 6.45) is 11.1. The summed E-state index contributed by atoms with van der Waals surface area (Å²) in [5, 5.41) is 9.07. The summed E-state index contributed by atoms with van der Waals surface area (Å²) in [7, 11) is 20.0. The zero-order valence-corrected chi connectivity index (χ0v) is 40.7. The van der Waals surface area contributed by atoms with E-state index in [2.05, 4.69) is 132 Å². The molecule has 0 spiro atoms. The fourth-order valence-corrected chi connectivity index (χ4v) is 7.64. The van der Waals surface area contributed by atoms with Gasteiger partial charge >= 0.3 is 0 Å². The molecule has 64 heavy (non-hydrogen) atoms. The zero-order chi connectivity index (χ0) is 45.8. The molecule has 0 atom stereocenters. The Morgan fingerprint density at radius 2 is 0.891 bits per heavy atom. The number of hydrogen-bond acceptors (Lipinski definition) is 14. The van der Waals surface area contributed by atoms with Crippen LogP contribution in [0.25, 0.3) is 21.8 Å². The Morgan fingerprint density at radius 1 is 0.516 bits per heavy atom. The first-order valence-electron chi connectivity index (χ1n) is 23.3. The number of nitrogens with zero attached hydrogens (tertiary/aromatic N) is 10. The number of nitrogens with one attached hydrogen (secondary N) is 2. The molecule has 4 aromatic rings. The molecule has 0 amide bonds. The van der Waals surface area contributed by atoms with Gasteiger partial charge in [0.1, 0.15) is 23.1 Å². The molecule has 14 heteroatoms. The fourth-order valence-electron chi connectivity index (χ4n) is 7.64. The van der Waals surface area contributed by atoms with Gasteiger partial charge in [-0.05, 0) is 145 Å². The van der Waals surface area contributed by atoms with E-state index in [0.717, 1.165) is 159 Å². The van der Waals surface area contributed by atoms with E-state index in [9.17, 15) is 0 Å². The summed E-state index contributed by atoms with van der Waals surface area (Å²) in [5.41, 5.74) is 3.57. The van der Waals surface area contributed by atoms with Crippen molar-refractivity contribution < 1.29 is 9.47 Å². The molecule has 348 valence electrons. The number of aromatic nitrogens is 4. The summed E-state index contributed by atoms with van der Waals surface area (Å²) in [5.74, 6) is 18.0. The smallest absolute Gasteiger partial charge is 0.227 e. The number of ether oxygens (including phenoxy) is 2. The Kier molecular flexibility index (Phi) is 20.3. The summed E-state index contributed by atoms with van der Waals surface area (Å²) in [6, 6.07) is 8.16. The first-order valence-corrected chi connectivity index (χ1v) is 23.3. The highest BCUT2D eigenvalue weighted by molar-refractivity contribution is 5.93. The number of rotatable bonds is 18. The van der Waals surface area contributed by atoms with Crippen LogP contribution < -0.4 is 29.9 Å². The lowest BCUT2D eigenvalue weighted by Gasteiger charge is -2.27. The van der Waals surface area contributed by atoms with Crippen LogP contribution in [0.5, 0.6) is 11.5 Å². The van der Waals surface area contributed by atoms with Crippen LogP contribution in [0.15, 0.2) is 24.3 Å². The maximum Gasteiger partial charge on any atom is 0.227 e. The van der Waals surface area contributed by atoms with E-state index in [1.54, 1.807) is 14.2 Å². The van der Waals surface area contributed by atoms with Crippen LogP contribution in [0.4, 0.5) is 23.5 Å². The van der Waals surface area contributed by atoms with Crippen molar-refractivity contribution in [2.75, 3.05) is 156 Å². The highest BCUT2D eigenvalue weighted by Crippen LogP contribution is 2.33. The van der Waals surface area contributed by atoms with Gasteiger partial charge in [0.2, 0.25) is 11.9 Å². The molecule has 2 aliphatic rings. The molecule has 4 heterocycles. The highest BCUT2D eigenvalue weighted by Gasteiger charge is 2.20. The van der Waals surface area contributed by atoms with Gasteiger partial charge in [0.05, 0.1) is 36.4 Å². The first kappa shape index (κ1) is 49.9. The maximum atomic E-state index is 5.68. The van der Waals surface area contributed by atoms with Gasteiger partial charge in [-0.1, -0.05) is 23.7 Å². The number of hydrogen-bond donors (Lipinski definition) is 2. The second kappa shape index (κ2) is 26.0. The quantitative estimate of drug-likeness (QED) is 0.0828. The normalized spacial score (nSPS) is 14.0. The van der Waals surface area contributed by atoms with Crippen LogP contribution in [0.3, 0.4) is 0 Å². The largest absolute Gasteiger partial charge is 0.495 e. The average Bonchev–Trinajstić information content (AvgIpc) is 3.29. The molecule has 2 aliphatic heterocycles. The van der Waals surface area contributed by atoms with Gasteiger partial charge in [0, 0.05) is 76.0 Å². The molecule has 0 radical (unpaired) electrons. The number of methoxy groups -OCH3 is 2. The highest BCUT2D eigenvalue weighted by atomic mass is 16.5. The van der Waals surface area contributed by atoms with Crippen molar-refractivity contribution in [2.24, 2.45) is 0 Å². The minimum absolute atomic E-state index is 0.764. The molecule has 6 rings (SSSR count). The summed E-state index contributed by atoms with van der Waals surface area (Å²) < 4.78 is 11.4. The van der Waals surface area contributed by atoms with Gasteiger partial charge in [0.15, 0.2) is 0 Å². The summed E-state index contributed by atoms with van der Waals surface area (Å²) in [4.78, 5) is 33.0. The maximum absolute atomic E-state index is 5.68. The van der Waals surface area contributed by atoms with E-state index >= 15 is 0 Å². The molecular weight excluding hydrogens is 801 g/mol. The third-order valence-electron chi connectivity index (χ3n) is 11.3. The van der Waals surface area contributed by atoms with Crippen LogP contribution in [0, 0.1) is 23.7 Å². The van der Waals surface area contributed by atoms with E-state index in [1.807, 2.05) is 12.1 Å². The van der Waals surface area contributed by atoms with Gasteiger partial charge in [0.25, 0.3) is 0 Å². The van der Waals surface area contributed by atoms with Gasteiger partial charge in [-0.15, -0.1) is 0 Å². The second-order valence-electron chi connectivity index (χ2n) is 17.9. The molecular formula is C50H76N12O2. The number of anilines is 4. The molecule has 14 nitrogen and oxygen atoms in total. The van der Waals surface area contributed by atoms with Crippen molar-refractivity contribution in [3.05, 3.63) is 35.4 Å². The Balaban J connectivity index is 0.000000241. The minimum Gasteiger partial charge on any atom is -0.495 e. The average molecular weight is 877 g/mol. The Morgan fingerprint density at radius 3 is 1.23 bits per heavy atom. The van der Waals surface area contributed by atoms with Crippen LogP contribution in [0.1, 0.15) is 75.3 Å². The molecule has 0 unspecified atom stereocenters. The Labute approximate surface area is 384 Å². The third-order valence-corrected chi connectivity index (χ3v) is 11.3. The van der Waals surface area contributed by atoms with Gasteiger partial charge in [-0.3, -0.25) is 0 Å². The van der Waals surface area contributed by atoms with Crippen molar-refractivity contribution in [3.63, 3.8) is 0 Å². The zero-order valence-electron chi connectivity index (χ0n) is 40.7. The van der Waals surface area contributed by atoms with E-state index < -0.39 is 0 Å². The fraction of sp³-hybridized carbons (Fsp3) is 0.600. The lowest BCUT2D eigenvalue weighted by molar-refractivity contribution is 0.405. The lowest BCUT2D eigenvalue weighted by Crippen LogP contribution is -2.31. The number of benzene rings is 2. The standard InChI is InChI=1S/2C25H38N6O/c2*1-29(2)14-10-7-12-20-18-22-21(19-23(20)32-5)24(26-13-11-15-30(3)4)28-25(27-22)31-16-8-6-9-17-31/h2*18-19H,6,8-11,13-17H2,1-5H3,(H,26,27,28). The summed E-state index contributed by atoms with van der Waals surface area (Å²) >= 11 is 0. The Bertz CT molecular complexity index is 2040. The predicted octanol–water partition coefficient (Wildman–Crippen LogP) is 6.59. The van der Waals surface area contributed by atoms with E-state index in [0.29, 0.717) is 0 Å². The van der Waals surface area contributed by atoms with Gasteiger partial charge < -0.3 is 49.5 Å². The molecule has 2 aromatic heterocycles. The van der Waals surface area contributed by atoms with Crippen LogP contribution in [-0.4, -0.2) is 176 Å². The number of fused-ring (bicyclic) bond motifs is 2. The predicted molar refractivity (Wildman–Crippen MR) is 268 cm³/mol. The lowest BCUT2D eigenvalue weighted by atomic mass is 10.1. The molecule has 2 fully saturated rings. The van der Waals surface area contributed by atoms with Gasteiger partial charge in [-0.25, -0.2) is 9.97 Å². The minimum atomic E-state index is 0.764. The van der Waals surface area contributed by atoms with Crippen molar-refractivity contribution in [3.8, 4) is 35.2 Å². The van der Waals surface area contributed by atoms with Crippen molar-refractivity contribution in [1.29, 1.82) is 0 Å². The molecule has 2 N–H and O–H groups in total. The number of piperidine rings is 2. The molecule has 2 saturated heterocycles. The SMILES string of the molecule is COc1cc2c(NCCCN(C)C)nc(N3CCCCC3)nc2cc1C#CCCN(C)C.COc1cc2c(NCCCN(C)C)nc(N3CCCCC3)nc2cc1C#CCCN(C)C. The monoisotopic (exact) mass is 877 g/mol. The van der Waals surface area contributed by atoms with E-state index in [4.69, 9.17) is 29.4 Å². The van der Waals surface area contributed by atoms with Crippen molar-refractivity contribution in [1.82, 2.24) is 39.5 Å². The van der Waals surface area contributed by atoms with Crippen molar-refractivity contribution in [2.45, 2.75) is 64.2 Å². The molecule has 2 aromatic carbocycles. The molecule has 0 bridgehead atoms. The molecule has 0 aliphatic carbocycles. The van der Waals surface area contributed by atoms with Crippen LogP contribution in [-0.2, 0) is 0 Å². The first-order chi connectivity index (χ1) is 30.9. The Hall–Kier alpha value is -5.12.